The number of ether oxygens (including phenoxy) is 4. The van der Waals surface area contributed by atoms with Gasteiger partial charge in [0.1, 0.15) is 18.1 Å². The monoisotopic (exact) mass is 565 g/mol. The normalized spacial score (nSPS) is 20.3. The number of anilines is 1. The Morgan fingerprint density at radius 1 is 1.15 bits per heavy atom. The summed E-state index contributed by atoms with van der Waals surface area (Å²) in [5.41, 5.74) is 2.72. The van der Waals surface area contributed by atoms with Crippen molar-refractivity contribution in [2.45, 2.75) is 31.2 Å². The summed E-state index contributed by atoms with van der Waals surface area (Å²) in [5, 5.41) is 32.2. The van der Waals surface area contributed by atoms with Crippen molar-refractivity contribution >= 4 is 11.8 Å². The molecule has 5 rings (SSSR count). The SMILES string of the molecule is COCCCN1CCOc2ccc(COC3CN(C(=O)O)CC(O)C3c3ccc(Oc4ccc[n+]([O-])c4)cc3)cc21. The van der Waals surface area contributed by atoms with E-state index in [9.17, 15) is 20.2 Å². The molecule has 0 aliphatic carbocycles. The van der Waals surface area contributed by atoms with Gasteiger partial charge in [-0.05, 0) is 47.9 Å². The minimum absolute atomic E-state index is 0.0156. The van der Waals surface area contributed by atoms with Crippen LogP contribution in [0.15, 0.2) is 67.0 Å². The number of likely N-dealkylation sites (tertiary alicyclic amines) is 1. The highest BCUT2D eigenvalue weighted by Crippen LogP contribution is 2.35. The average molecular weight is 566 g/mol. The van der Waals surface area contributed by atoms with Gasteiger partial charge < -0.3 is 44.2 Å². The van der Waals surface area contributed by atoms with Crippen LogP contribution >= 0.6 is 0 Å². The van der Waals surface area contributed by atoms with E-state index >= 15 is 0 Å². The van der Waals surface area contributed by atoms with Crippen molar-refractivity contribution in [1.82, 2.24) is 4.90 Å². The van der Waals surface area contributed by atoms with Gasteiger partial charge in [0, 0.05) is 32.2 Å². The molecule has 2 aliphatic heterocycles. The van der Waals surface area contributed by atoms with E-state index in [1.807, 2.05) is 30.3 Å². The number of aliphatic hydroxyl groups is 1. The zero-order chi connectivity index (χ0) is 28.8. The summed E-state index contributed by atoms with van der Waals surface area (Å²) in [7, 11) is 1.69. The van der Waals surface area contributed by atoms with Crippen LogP contribution in [-0.2, 0) is 16.1 Å². The highest BCUT2D eigenvalue weighted by molar-refractivity contribution is 5.65. The lowest BCUT2D eigenvalue weighted by Crippen LogP contribution is -2.53. The molecule has 3 heterocycles. The number of β-amino-alcohol motifs (C(OH)–C–C–N with tert-alkyl or cyclic N) is 1. The van der Waals surface area contributed by atoms with Crippen molar-refractivity contribution in [2.24, 2.45) is 0 Å². The molecular weight excluding hydrogens is 530 g/mol. The van der Waals surface area contributed by atoms with Gasteiger partial charge in [-0.15, -0.1) is 0 Å². The lowest BCUT2D eigenvalue weighted by molar-refractivity contribution is -0.605. The number of fused-ring (bicyclic) bond motifs is 1. The highest BCUT2D eigenvalue weighted by Gasteiger charge is 2.39. The maximum Gasteiger partial charge on any atom is 0.407 e. The summed E-state index contributed by atoms with van der Waals surface area (Å²) < 4.78 is 23.8. The summed E-state index contributed by atoms with van der Waals surface area (Å²) in [4.78, 5) is 15.3. The van der Waals surface area contributed by atoms with Crippen LogP contribution in [0.4, 0.5) is 10.5 Å². The first kappa shape index (κ1) is 28.5. The second kappa shape index (κ2) is 13.1. The molecule has 3 unspecified atom stereocenters. The Kier molecular flexibility index (Phi) is 9.07. The number of aromatic nitrogens is 1. The predicted molar refractivity (Wildman–Crippen MR) is 149 cm³/mol. The van der Waals surface area contributed by atoms with Gasteiger partial charge in [-0.25, -0.2) is 4.79 Å². The summed E-state index contributed by atoms with van der Waals surface area (Å²) in [6.07, 6.45) is 0.957. The van der Waals surface area contributed by atoms with Gasteiger partial charge in [0.15, 0.2) is 11.9 Å². The number of hydrogen-bond donors (Lipinski definition) is 2. The molecule has 3 atom stereocenters. The van der Waals surface area contributed by atoms with Gasteiger partial charge in [-0.2, -0.15) is 4.73 Å². The summed E-state index contributed by atoms with van der Waals surface area (Å²) in [6, 6.07) is 16.4. The Morgan fingerprint density at radius 2 is 1.98 bits per heavy atom. The predicted octanol–water partition coefficient (Wildman–Crippen LogP) is 3.37. The Morgan fingerprint density at radius 3 is 2.73 bits per heavy atom. The van der Waals surface area contributed by atoms with Crippen LogP contribution in [0.2, 0.25) is 0 Å². The summed E-state index contributed by atoms with van der Waals surface area (Å²) >= 11 is 0. The Bertz CT molecular complexity index is 1320. The van der Waals surface area contributed by atoms with Crippen molar-refractivity contribution in [1.29, 1.82) is 0 Å². The van der Waals surface area contributed by atoms with Gasteiger partial charge >= 0.3 is 6.09 Å². The van der Waals surface area contributed by atoms with Crippen molar-refractivity contribution in [3.63, 3.8) is 0 Å². The molecule has 3 aromatic rings. The molecule has 1 fully saturated rings. The molecule has 0 saturated carbocycles. The van der Waals surface area contributed by atoms with E-state index in [4.69, 9.17) is 18.9 Å². The first-order valence-corrected chi connectivity index (χ1v) is 13.6. The minimum atomic E-state index is -1.10. The molecule has 0 radical (unpaired) electrons. The lowest BCUT2D eigenvalue weighted by atomic mass is 9.84. The average Bonchev–Trinajstić information content (AvgIpc) is 2.96. The van der Waals surface area contributed by atoms with E-state index in [1.54, 1.807) is 31.4 Å². The van der Waals surface area contributed by atoms with Crippen LogP contribution in [0, 0.1) is 5.21 Å². The fraction of sp³-hybridized carbons (Fsp3) is 0.400. The van der Waals surface area contributed by atoms with E-state index in [0.29, 0.717) is 29.4 Å². The fourth-order valence-corrected chi connectivity index (χ4v) is 5.37. The number of carboxylic acid groups (broad SMARTS) is 1. The molecule has 11 nitrogen and oxygen atoms in total. The number of pyridine rings is 1. The molecule has 0 bridgehead atoms. The quantitative estimate of drug-likeness (QED) is 0.216. The third-order valence-corrected chi connectivity index (χ3v) is 7.37. The molecule has 1 saturated heterocycles. The van der Waals surface area contributed by atoms with Crippen LogP contribution in [0.1, 0.15) is 23.5 Å². The first-order valence-electron chi connectivity index (χ1n) is 13.6. The molecule has 1 amide bonds. The van der Waals surface area contributed by atoms with E-state index in [-0.39, 0.29) is 19.7 Å². The maximum absolute atomic E-state index is 11.8. The molecule has 1 aromatic heterocycles. The topological polar surface area (TPSA) is 128 Å². The second-order valence-corrected chi connectivity index (χ2v) is 10.2. The second-order valence-electron chi connectivity index (χ2n) is 10.2. The zero-order valence-corrected chi connectivity index (χ0v) is 22.9. The summed E-state index contributed by atoms with van der Waals surface area (Å²) in [5.74, 6) is 1.30. The Balaban J connectivity index is 1.31. The van der Waals surface area contributed by atoms with Gasteiger partial charge in [0.25, 0.3) is 0 Å². The van der Waals surface area contributed by atoms with Crippen LogP contribution < -0.4 is 19.1 Å². The number of benzene rings is 2. The van der Waals surface area contributed by atoms with Crippen LogP contribution in [0.5, 0.6) is 17.2 Å². The largest absolute Gasteiger partial charge is 0.619 e. The molecule has 11 heteroatoms. The molecule has 41 heavy (non-hydrogen) atoms. The third-order valence-electron chi connectivity index (χ3n) is 7.37. The molecule has 2 aliphatic rings. The van der Waals surface area contributed by atoms with Crippen LogP contribution in [0.25, 0.3) is 0 Å². The maximum atomic E-state index is 11.8. The van der Waals surface area contributed by atoms with Gasteiger partial charge in [-0.1, -0.05) is 18.2 Å². The molecular formula is C30H35N3O8. The smallest absolute Gasteiger partial charge is 0.407 e. The van der Waals surface area contributed by atoms with E-state index in [2.05, 4.69) is 4.90 Å². The van der Waals surface area contributed by atoms with Crippen molar-refractivity contribution in [3.05, 3.63) is 83.3 Å². The summed E-state index contributed by atoms with van der Waals surface area (Å²) in [6.45, 7) is 3.28. The Labute approximate surface area is 238 Å². The highest BCUT2D eigenvalue weighted by atomic mass is 16.5. The molecule has 2 aromatic carbocycles. The number of methoxy groups -OCH3 is 1. The number of carbonyl (C=O) groups is 1. The van der Waals surface area contributed by atoms with Crippen LogP contribution in [-0.4, -0.2) is 79.9 Å². The molecule has 2 N–H and O–H groups in total. The van der Waals surface area contributed by atoms with Gasteiger partial charge in [0.05, 0.1) is 44.1 Å². The standard InChI is InChI=1S/C30H35N3O8/c1-38-14-3-11-31-13-15-39-27-10-5-21(16-25(27)31)20-40-28-19-32(30(35)36)18-26(34)29(28)22-6-8-23(9-7-22)41-24-4-2-12-33(37)17-24/h2,4-10,12,16-17,26,28-29,34H,3,11,13-15,18-20H2,1H3,(H,35,36). The zero-order valence-electron chi connectivity index (χ0n) is 22.9. The van der Waals surface area contributed by atoms with Gasteiger partial charge in [-0.3, -0.25) is 0 Å². The Hall–Kier alpha value is -4.06. The van der Waals surface area contributed by atoms with Gasteiger partial charge in [0.2, 0.25) is 6.20 Å². The fourth-order valence-electron chi connectivity index (χ4n) is 5.37. The van der Waals surface area contributed by atoms with E-state index in [1.165, 1.54) is 17.3 Å². The third kappa shape index (κ3) is 6.99. The van der Waals surface area contributed by atoms with E-state index in [0.717, 1.165) is 42.1 Å². The van der Waals surface area contributed by atoms with Crippen molar-refractivity contribution in [2.75, 3.05) is 51.4 Å². The molecule has 0 spiro atoms. The number of amides is 1. The number of aliphatic hydroxyl groups excluding tert-OH is 1. The van der Waals surface area contributed by atoms with E-state index < -0.39 is 24.2 Å². The number of nitrogens with zero attached hydrogens (tertiary/aromatic N) is 3. The number of hydrogen-bond acceptors (Lipinski definition) is 8. The van der Waals surface area contributed by atoms with Crippen molar-refractivity contribution in [3.8, 4) is 17.2 Å². The molecule has 218 valence electrons. The lowest BCUT2D eigenvalue weighted by Gasteiger charge is -2.40. The minimum Gasteiger partial charge on any atom is -0.619 e. The van der Waals surface area contributed by atoms with Crippen LogP contribution in [0.3, 0.4) is 0 Å². The number of rotatable bonds is 10. The number of piperidine rings is 1. The first-order chi connectivity index (χ1) is 19.9. The van der Waals surface area contributed by atoms with Crippen molar-refractivity contribution < 1.29 is 38.7 Å².